The predicted octanol–water partition coefficient (Wildman–Crippen LogP) is 4.03. The lowest BCUT2D eigenvalue weighted by atomic mass is 10.1. The van der Waals surface area contributed by atoms with Gasteiger partial charge in [-0.3, -0.25) is 9.59 Å². The highest BCUT2D eigenvalue weighted by Gasteiger charge is 2.35. The molecule has 1 atom stereocenters. The fraction of sp³-hybridized carbons (Fsp3) is 0.348. The van der Waals surface area contributed by atoms with Gasteiger partial charge in [-0.15, -0.1) is 0 Å². The molecule has 152 valence electrons. The molecule has 6 nitrogen and oxygen atoms in total. The maximum Gasteiger partial charge on any atom is 0.338 e. The largest absolute Gasteiger partial charge is 0.462 e. The minimum atomic E-state index is -0.411. The van der Waals surface area contributed by atoms with Gasteiger partial charge in [0.15, 0.2) is 0 Å². The van der Waals surface area contributed by atoms with Crippen LogP contribution in [-0.2, 0) is 14.3 Å². The average molecular weight is 394 g/mol. The molecule has 1 saturated heterocycles. The summed E-state index contributed by atoms with van der Waals surface area (Å²) in [6.45, 7) is 2.87. The molecule has 2 amide bonds. The van der Waals surface area contributed by atoms with Gasteiger partial charge in [-0.25, -0.2) is 4.79 Å². The van der Waals surface area contributed by atoms with Crippen molar-refractivity contribution in [1.82, 2.24) is 0 Å². The molecule has 29 heavy (non-hydrogen) atoms. The van der Waals surface area contributed by atoms with Crippen molar-refractivity contribution in [2.75, 3.05) is 23.4 Å². The lowest BCUT2D eigenvalue weighted by Gasteiger charge is -2.16. The summed E-state index contributed by atoms with van der Waals surface area (Å²) < 4.78 is 5.23. The van der Waals surface area contributed by atoms with Gasteiger partial charge in [-0.05, 0) is 42.8 Å². The van der Waals surface area contributed by atoms with Crippen molar-refractivity contribution in [2.45, 2.75) is 32.6 Å². The molecule has 1 aliphatic heterocycles. The first-order valence-corrected chi connectivity index (χ1v) is 10.0. The molecule has 3 rings (SSSR count). The molecule has 2 aromatic rings. The number of rotatable bonds is 8. The highest BCUT2D eigenvalue weighted by Crippen LogP contribution is 2.25. The summed E-state index contributed by atoms with van der Waals surface area (Å²) in [4.78, 5) is 38.5. The van der Waals surface area contributed by atoms with Gasteiger partial charge < -0.3 is 15.0 Å². The fourth-order valence-electron chi connectivity index (χ4n) is 3.27. The maximum absolute atomic E-state index is 12.6. The molecule has 2 aromatic carbocycles. The normalized spacial score (nSPS) is 16.0. The molecule has 0 unspecified atom stereocenters. The molecule has 1 aliphatic rings. The highest BCUT2D eigenvalue weighted by molar-refractivity contribution is 6.03. The number of unbranched alkanes of at least 4 members (excludes halogenated alkanes) is 2. The van der Waals surface area contributed by atoms with Crippen LogP contribution in [0.15, 0.2) is 54.6 Å². The molecule has 0 aliphatic carbocycles. The Balaban J connectivity index is 1.53. The number of para-hydroxylation sites is 1. The van der Waals surface area contributed by atoms with E-state index in [1.807, 2.05) is 30.3 Å². The van der Waals surface area contributed by atoms with Crippen molar-refractivity contribution in [3.05, 3.63) is 60.2 Å². The standard InChI is InChI=1S/C23H26N2O4/c1-2-3-7-14-29-23(28)17-10-12-19(13-11-17)24-22(27)18-15-21(26)25(16-18)20-8-5-4-6-9-20/h4-6,8-13,18H,2-3,7,14-16H2,1H3,(H,24,27)/t18-/m0/s1. The Bertz CT molecular complexity index is 849. The van der Waals surface area contributed by atoms with Gasteiger partial charge in [0.2, 0.25) is 11.8 Å². The van der Waals surface area contributed by atoms with E-state index in [0.717, 1.165) is 24.9 Å². The first-order chi connectivity index (χ1) is 14.1. The quantitative estimate of drug-likeness (QED) is 0.542. The van der Waals surface area contributed by atoms with E-state index in [9.17, 15) is 14.4 Å². The number of hydrogen-bond donors (Lipinski definition) is 1. The van der Waals surface area contributed by atoms with Crippen LogP contribution in [0.4, 0.5) is 11.4 Å². The van der Waals surface area contributed by atoms with Crippen LogP contribution in [0, 0.1) is 5.92 Å². The van der Waals surface area contributed by atoms with Crippen molar-refractivity contribution >= 4 is 29.2 Å². The molecule has 0 radical (unpaired) electrons. The van der Waals surface area contributed by atoms with E-state index in [1.54, 1.807) is 29.2 Å². The van der Waals surface area contributed by atoms with Gasteiger partial charge in [-0.2, -0.15) is 0 Å². The van der Waals surface area contributed by atoms with Crippen LogP contribution in [0.1, 0.15) is 43.0 Å². The molecule has 6 heteroatoms. The topological polar surface area (TPSA) is 75.7 Å². The Labute approximate surface area is 170 Å². The molecule has 0 spiro atoms. The fourth-order valence-corrected chi connectivity index (χ4v) is 3.27. The van der Waals surface area contributed by atoms with Crippen LogP contribution in [-0.4, -0.2) is 30.9 Å². The second-order valence-electron chi connectivity index (χ2n) is 7.15. The van der Waals surface area contributed by atoms with E-state index in [-0.39, 0.29) is 24.2 Å². The predicted molar refractivity (Wildman–Crippen MR) is 112 cm³/mol. The van der Waals surface area contributed by atoms with Crippen LogP contribution in [0.3, 0.4) is 0 Å². The third-order valence-electron chi connectivity index (χ3n) is 4.93. The summed E-state index contributed by atoms with van der Waals surface area (Å²) in [6, 6.07) is 16.0. The van der Waals surface area contributed by atoms with Crippen LogP contribution < -0.4 is 10.2 Å². The molecular weight excluding hydrogens is 368 g/mol. The smallest absolute Gasteiger partial charge is 0.338 e. The molecule has 0 saturated carbocycles. The van der Waals surface area contributed by atoms with E-state index < -0.39 is 5.92 Å². The number of carbonyl (C=O) groups excluding carboxylic acids is 3. The van der Waals surface area contributed by atoms with Crippen LogP contribution in [0.25, 0.3) is 0 Å². The van der Waals surface area contributed by atoms with Crippen molar-refractivity contribution < 1.29 is 19.1 Å². The van der Waals surface area contributed by atoms with Crippen molar-refractivity contribution in [3.63, 3.8) is 0 Å². The van der Waals surface area contributed by atoms with Gasteiger partial charge in [0.1, 0.15) is 0 Å². The van der Waals surface area contributed by atoms with E-state index in [4.69, 9.17) is 4.74 Å². The molecule has 1 N–H and O–H groups in total. The lowest BCUT2D eigenvalue weighted by molar-refractivity contribution is -0.122. The number of amides is 2. The Kier molecular flexibility index (Phi) is 7.00. The van der Waals surface area contributed by atoms with Gasteiger partial charge >= 0.3 is 5.97 Å². The summed E-state index contributed by atoms with van der Waals surface area (Å²) >= 11 is 0. The second kappa shape index (κ2) is 9.87. The summed E-state index contributed by atoms with van der Waals surface area (Å²) in [5.41, 5.74) is 1.84. The Hall–Kier alpha value is -3.15. The molecule has 1 fully saturated rings. The first kappa shape index (κ1) is 20.6. The van der Waals surface area contributed by atoms with Crippen molar-refractivity contribution in [3.8, 4) is 0 Å². The van der Waals surface area contributed by atoms with Crippen molar-refractivity contribution in [2.24, 2.45) is 5.92 Å². The third kappa shape index (κ3) is 5.44. The zero-order chi connectivity index (χ0) is 20.6. The number of benzene rings is 2. The zero-order valence-corrected chi connectivity index (χ0v) is 16.6. The Morgan fingerprint density at radius 1 is 1.07 bits per heavy atom. The number of esters is 1. The zero-order valence-electron chi connectivity index (χ0n) is 16.6. The summed E-state index contributed by atoms with van der Waals surface area (Å²) in [5, 5.41) is 2.83. The SMILES string of the molecule is CCCCCOC(=O)c1ccc(NC(=O)[C@H]2CC(=O)N(c3ccccc3)C2)cc1. The van der Waals surface area contributed by atoms with Crippen LogP contribution in [0.5, 0.6) is 0 Å². The van der Waals surface area contributed by atoms with Gasteiger partial charge in [0, 0.05) is 24.3 Å². The summed E-state index contributed by atoms with van der Waals surface area (Å²) in [5.74, 6) is -1.03. The summed E-state index contributed by atoms with van der Waals surface area (Å²) in [7, 11) is 0. The number of ether oxygens (including phenoxy) is 1. The molecule has 0 bridgehead atoms. The number of hydrogen-bond acceptors (Lipinski definition) is 4. The van der Waals surface area contributed by atoms with Crippen LogP contribution in [0.2, 0.25) is 0 Å². The van der Waals surface area contributed by atoms with Crippen molar-refractivity contribution in [1.29, 1.82) is 0 Å². The lowest BCUT2D eigenvalue weighted by Crippen LogP contribution is -2.28. The van der Waals surface area contributed by atoms with Crippen LogP contribution >= 0.6 is 0 Å². The monoisotopic (exact) mass is 394 g/mol. The van der Waals surface area contributed by atoms with Gasteiger partial charge in [-0.1, -0.05) is 38.0 Å². The first-order valence-electron chi connectivity index (χ1n) is 10.0. The highest BCUT2D eigenvalue weighted by atomic mass is 16.5. The number of nitrogens with one attached hydrogen (secondary N) is 1. The van der Waals surface area contributed by atoms with Gasteiger partial charge in [0.05, 0.1) is 18.1 Å². The third-order valence-corrected chi connectivity index (χ3v) is 4.93. The second-order valence-corrected chi connectivity index (χ2v) is 7.15. The average Bonchev–Trinajstić information content (AvgIpc) is 3.14. The minimum Gasteiger partial charge on any atom is -0.462 e. The van der Waals surface area contributed by atoms with E-state index in [1.165, 1.54) is 0 Å². The maximum atomic E-state index is 12.6. The number of anilines is 2. The molecule has 1 heterocycles. The Morgan fingerprint density at radius 3 is 2.48 bits per heavy atom. The van der Waals surface area contributed by atoms with Gasteiger partial charge in [0.25, 0.3) is 0 Å². The number of nitrogens with zero attached hydrogens (tertiary/aromatic N) is 1. The Morgan fingerprint density at radius 2 is 1.79 bits per heavy atom. The number of carbonyl (C=O) groups is 3. The van der Waals surface area contributed by atoms with E-state index in [2.05, 4.69) is 12.2 Å². The minimum absolute atomic E-state index is 0.0579. The molecule has 0 aromatic heterocycles. The molecular formula is C23H26N2O4. The van der Waals surface area contributed by atoms with E-state index in [0.29, 0.717) is 24.4 Å². The van der Waals surface area contributed by atoms with E-state index >= 15 is 0 Å². The summed E-state index contributed by atoms with van der Waals surface area (Å²) in [6.07, 6.45) is 3.14.